The van der Waals surface area contributed by atoms with Crippen molar-refractivity contribution in [2.24, 2.45) is 28.6 Å². The summed E-state index contributed by atoms with van der Waals surface area (Å²) in [5.74, 6) is 1.39. The summed E-state index contributed by atoms with van der Waals surface area (Å²) in [6, 6.07) is 0. The molecule has 0 radical (unpaired) electrons. The van der Waals surface area contributed by atoms with Crippen LogP contribution in [0.5, 0.6) is 0 Å². The Morgan fingerprint density at radius 2 is 1.80 bits per heavy atom. The summed E-state index contributed by atoms with van der Waals surface area (Å²) in [7, 11) is 3.01. The van der Waals surface area contributed by atoms with Gasteiger partial charge in [-0.05, 0) is 101 Å². The van der Waals surface area contributed by atoms with Gasteiger partial charge in [0.1, 0.15) is 12.9 Å². The van der Waals surface area contributed by atoms with Crippen molar-refractivity contribution >= 4 is 5.78 Å². The van der Waals surface area contributed by atoms with Crippen molar-refractivity contribution in [3.05, 3.63) is 23.5 Å². The van der Waals surface area contributed by atoms with Crippen LogP contribution in [0.15, 0.2) is 23.5 Å². The van der Waals surface area contributed by atoms with Gasteiger partial charge in [-0.2, -0.15) is 0 Å². The van der Waals surface area contributed by atoms with E-state index in [1.165, 1.54) is 19.8 Å². The Hall–Kier alpha value is -1.41. The zero-order chi connectivity index (χ0) is 33.0. The van der Waals surface area contributed by atoms with Crippen molar-refractivity contribution in [3.63, 3.8) is 0 Å². The number of fused-ring (bicyclic) bond motifs is 5. The average molecular weight is 651 g/mol. The topological polar surface area (TPSA) is 131 Å². The highest BCUT2D eigenvalue weighted by molar-refractivity contribution is 5.96. The molecule has 11 nitrogen and oxygen atoms in total. The Morgan fingerprint density at radius 1 is 1.04 bits per heavy atom. The van der Waals surface area contributed by atoms with E-state index in [0.29, 0.717) is 29.9 Å². The second-order valence-corrected chi connectivity index (χ2v) is 14.9. The quantitative estimate of drug-likeness (QED) is 0.273. The number of methoxy groups -OCH3 is 2. The summed E-state index contributed by atoms with van der Waals surface area (Å²) in [4.78, 5) is 12.8. The monoisotopic (exact) mass is 650 g/mol. The standard InChI is InChI=1S/C35H54O11/c1-19-16-27(40-7)29(37)31(42-19)45-23-10-13-33(4)22(17-23)8-9-24-25(33)11-14-34(5)26(24)12-15-35(34,38)21(3)44-32-43-20(2)28(36)30(46-32)41-18-39-6/h8,16,19-21,23-26,28,30-32,36,38H,9-15,17-18H2,1-7H3/t19-,20+,21-,23+,24+,25-,26+,28+,30+,31-,32-,33-,34-,35-/m0/s1. The van der Waals surface area contributed by atoms with E-state index in [1.54, 1.807) is 13.0 Å². The zero-order valence-electron chi connectivity index (χ0n) is 28.4. The number of aliphatic hydroxyl groups excluding tert-OH is 1. The maximum absolute atomic E-state index is 12.8. The normalized spacial score (nSPS) is 48.1. The van der Waals surface area contributed by atoms with Crippen molar-refractivity contribution < 1.29 is 52.9 Å². The minimum absolute atomic E-state index is 0.0353. The van der Waals surface area contributed by atoms with Gasteiger partial charge in [-0.15, -0.1) is 0 Å². The third-order valence-corrected chi connectivity index (χ3v) is 12.7. The lowest BCUT2D eigenvalue weighted by molar-refractivity contribution is -0.430. The Bertz CT molecular complexity index is 1190. The molecular formula is C35H54O11. The van der Waals surface area contributed by atoms with E-state index in [1.807, 2.05) is 13.8 Å². The van der Waals surface area contributed by atoms with E-state index in [2.05, 4.69) is 19.9 Å². The molecule has 0 aromatic heterocycles. The third-order valence-electron chi connectivity index (χ3n) is 12.7. The van der Waals surface area contributed by atoms with Gasteiger partial charge in [-0.1, -0.05) is 25.5 Å². The first-order chi connectivity index (χ1) is 21.8. The van der Waals surface area contributed by atoms with Crippen molar-refractivity contribution in [3.8, 4) is 0 Å². The molecule has 0 unspecified atom stereocenters. The van der Waals surface area contributed by atoms with E-state index < -0.39 is 43.0 Å². The van der Waals surface area contributed by atoms with Gasteiger partial charge in [0, 0.05) is 12.5 Å². The van der Waals surface area contributed by atoms with Crippen LogP contribution in [-0.4, -0.2) is 92.2 Å². The molecule has 0 amide bonds. The molecule has 4 fully saturated rings. The minimum atomic E-state index is -1.08. The number of ketones is 1. The lowest BCUT2D eigenvalue weighted by Crippen LogP contribution is -2.60. The summed E-state index contributed by atoms with van der Waals surface area (Å²) >= 11 is 0. The Balaban J connectivity index is 1.12. The van der Waals surface area contributed by atoms with Crippen LogP contribution in [-0.2, 0) is 42.7 Å². The van der Waals surface area contributed by atoms with E-state index in [9.17, 15) is 15.0 Å². The summed E-state index contributed by atoms with van der Waals surface area (Å²) < 4.78 is 45.7. The van der Waals surface area contributed by atoms with Crippen LogP contribution in [0.1, 0.15) is 86.0 Å². The molecule has 2 heterocycles. The molecule has 6 rings (SSSR count). The smallest absolute Gasteiger partial charge is 0.274 e. The van der Waals surface area contributed by atoms with Gasteiger partial charge in [-0.25, -0.2) is 0 Å². The number of ether oxygens (including phenoxy) is 8. The van der Waals surface area contributed by atoms with Gasteiger partial charge in [0.2, 0.25) is 6.29 Å². The molecule has 6 aliphatic rings. The molecule has 2 N–H and O–H groups in total. The number of aliphatic hydroxyl groups is 2. The zero-order valence-corrected chi connectivity index (χ0v) is 28.4. The van der Waals surface area contributed by atoms with Crippen molar-refractivity contribution in [2.75, 3.05) is 21.0 Å². The number of hydrogen-bond donors (Lipinski definition) is 2. The predicted octanol–water partition coefficient (Wildman–Crippen LogP) is 4.34. The van der Waals surface area contributed by atoms with Gasteiger partial charge in [0.25, 0.3) is 12.3 Å². The first-order valence-corrected chi connectivity index (χ1v) is 17.1. The number of hydrogen-bond acceptors (Lipinski definition) is 11. The first kappa shape index (κ1) is 34.5. The molecule has 0 spiro atoms. The van der Waals surface area contributed by atoms with Gasteiger partial charge in [0.05, 0.1) is 37.1 Å². The molecule has 4 aliphatic carbocycles. The molecule has 3 saturated carbocycles. The second kappa shape index (κ2) is 13.1. The highest BCUT2D eigenvalue weighted by Crippen LogP contribution is 2.68. The van der Waals surface area contributed by atoms with E-state index in [-0.39, 0.29) is 35.6 Å². The summed E-state index contributed by atoms with van der Waals surface area (Å²) in [6.07, 6.45) is 6.92. The van der Waals surface area contributed by atoms with Crippen molar-refractivity contribution in [1.29, 1.82) is 0 Å². The highest BCUT2D eigenvalue weighted by Gasteiger charge is 2.65. The predicted molar refractivity (Wildman–Crippen MR) is 165 cm³/mol. The molecular weight excluding hydrogens is 596 g/mol. The lowest BCUT2D eigenvalue weighted by Gasteiger charge is -2.59. The molecule has 260 valence electrons. The fourth-order valence-electron chi connectivity index (χ4n) is 9.92. The fraction of sp³-hybridized carbons (Fsp3) is 0.857. The van der Waals surface area contributed by atoms with Crippen molar-refractivity contribution in [1.82, 2.24) is 0 Å². The number of allylic oxidation sites excluding steroid dienone is 1. The van der Waals surface area contributed by atoms with Gasteiger partial charge >= 0.3 is 0 Å². The molecule has 46 heavy (non-hydrogen) atoms. The van der Waals surface area contributed by atoms with Gasteiger partial charge in [0.15, 0.2) is 12.0 Å². The van der Waals surface area contributed by atoms with Crippen LogP contribution in [0.25, 0.3) is 0 Å². The van der Waals surface area contributed by atoms with Crippen LogP contribution < -0.4 is 0 Å². The maximum atomic E-state index is 12.8. The van der Waals surface area contributed by atoms with Crippen LogP contribution >= 0.6 is 0 Å². The van der Waals surface area contributed by atoms with E-state index in [0.717, 1.165) is 44.9 Å². The molecule has 0 bridgehead atoms. The molecule has 1 saturated heterocycles. The molecule has 14 atom stereocenters. The molecule has 0 aromatic rings. The molecule has 2 aliphatic heterocycles. The van der Waals surface area contributed by atoms with E-state index in [4.69, 9.17) is 37.9 Å². The highest BCUT2D eigenvalue weighted by atomic mass is 16.9. The number of carbonyl (C=O) groups is 1. The summed E-state index contributed by atoms with van der Waals surface area (Å²) in [6.45, 7) is 9.08. The minimum Gasteiger partial charge on any atom is -0.493 e. The third kappa shape index (κ3) is 5.81. The van der Waals surface area contributed by atoms with Crippen LogP contribution in [0.3, 0.4) is 0 Å². The average Bonchev–Trinajstić information content (AvgIpc) is 3.31. The fourth-order valence-corrected chi connectivity index (χ4v) is 9.92. The summed E-state index contributed by atoms with van der Waals surface area (Å²) in [5.41, 5.74) is 0.106. The van der Waals surface area contributed by atoms with Crippen molar-refractivity contribution in [2.45, 2.75) is 141 Å². The largest absolute Gasteiger partial charge is 0.493 e. The maximum Gasteiger partial charge on any atom is 0.274 e. The number of carbonyl (C=O) groups excluding carboxylic acids is 1. The summed E-state index contributed by atoms with van der Waals surface area (Å²) in [5, 5.41) is 22.8. The number of rotatable bonds is 9. The number of Topliss-reactive ketones (excluding diaryl/α,β-unsaturated/α-hetero) is 1. The first-order valence-electron chi connectivity index (χ1n) is 17.1. The Labute approximate surface area is 272 Å². The van der Waals surface area contributed by atoms with Crippen LogP contribution in [0, 0.1) is 28.6 Å². The molecule has 0 aromatic carbocycles. The molecule has 11 heteroatoms. The van der Waals surface area contributed by atoms with Gasteiger partial charge < -0.3 is 43.4 Å². The Kier molecular flexibility index (Phi) is 9.84. The van der Waals surface area contributed by atoms with Crippen LogP contribution in [0.4, 0.5) is 0 Å². The second-order valence-electron chi connectivity index (χ2n) is 14.9. The SMILES string of the molecule is COCO[C@@H]1O[C@H](O[C@@H](C)[C@@]2(O)CC[C@@H]3[C@@H]4CC=C5C[C@H](O[C@@H]6O[C@@H](C)C=C(OC)C6=O)CC[C@]5(C)[C@H]4CC[C@@]32C)O[C@H](C)[C@H]1O. The Morgan fingerprint density at radius 3 is 2.54 bits per heavy atom. The van der Waals surface area contributed by atoms with Gasteiger partial charge in [-0.3, -0.25) is 9.53 Å². The van der Waals surface area contributed by atoms with Crippen LogP contribution in [0.2, 0.25) is 0 Å². The lowest BCUT2D eigenvalue weighted by atomic mass is 9.46. The van der Waals surface area contributed by atoms with E-state index >= 15 is 0 Å².